The van der Waals surface area contributed by atoms with E-state index >= 15 is 0 Å². The van der Waals surface area contributed by atoms with Gasteiger partial charge in [0.2, 0.25) is 0 Å². The van der Waals surface area contributed by atoms with Gasteiger partial charge in [-0.3, -0.25) is 0 Å². The molecule has 3 rings (SSSR count). The summed E-state index contributed by atoms with van der Waals surface area (Å²) in [6, 6.07) is 17.4. The van der Waals surface area contributed by atoms with Crippen LogP contribution < -0.4 is 10.1 Å². The zero-order valence-corrected chi connectivity index (χ0v) is 13.8. The lowest BCUT2D eigenvalue weighted by Crippen LogP contribution is -2.20. The molecule has 2 aromatic rings. The van der Waals surface area contributed by atoms with Crippen molar-refractivity contribution in [1.82, 2.24) is 5.32 Å². The number of halogens is 1. The summed E-state index contributed by atoms with van der Waals surface area (Å²) in [6.45, 7) is 1.07. The van der Waals surface area contributed by atoms with Crippen LogP contribution in [0.3, 0.4) is 0 Å². The van der Waals surface area contributed by atoms with Gasteiger partial charge >= 0.3 is 0 Å². The van der Waals surface area contributed by atoms with Gasteiger partial charge in [0.25, 0.3) is 0 Å². The maximum Gasteiger partial charge on any atom is 0.123 e. The van der Waals surface area contributed by atoms with Crippen LogP contribution in [0.25, 0.3) is 0 Å². The first-order chi connectivity index (χ1) is 10.3. The summed E-state index contributed by atoms with van der Waals surface area (Å²) in [6.07, 6.45) is 2.31. The van der Waals surface area contributed by atoms with Crippen LogP contribution in [-0.4, -0.2) is 13.7 Å². The minimum Gasteiger partial charge on any atom is -0.496 e. The van der Waals surface area contributed by atoms with Crippen LogP contribution in [0.1, 0.15) is 23.6 Å². The Morgan fingerprint density at radius 2 is 2.00 bits per heavy atom. The largest absolute Gasteiger partial charge is 0.496 e. The van der Waals surface area contributed by atoms with Gasteiger partial charge in [-0.2, -0.15) is 0 Å². The summed E-state index contributed by atoms with van der Waals surface area (Å²) < 4.78 is 6.65. The van der Waals surface area contributed by atoms with Crippen LogP contribution in [0.4, 0.5) is 0 Å². The summed E-state index contributed by atoms with van der Waals surface area (Å²) in [7, 11) is 1.74. The fraction of sp³-hybridized carbons (Fsp3) is 0.333. The van der Waals surface area contributed by atoms with E-state index in [2.05, 4.69) is 57.6 Å². The molecule has 1 saturated heterocycles. The predicted octanol–water partition coefficient (Wildman–Crippen LogP) is 4.35. The molecule has 2 unspecified atom stereocenters. The number of ether oxygens (including phenoxy) is 1. The lowest BCUT2D eigenvalue weighted by atomic mass is 9.88. The van der Waals surface area contributed by atoms with Gasteiger partial charge in [0.1, 0.15) is 5.75 Å². The maximum absolute atomic E-state index is 5.55. The Morgan fingerprint density at radius 3 is 2.76 bits per heavy atom. The van der Waals surface area contributed by atoms with E-state index in [1.807, 2.05) is 12.1 Å². The summed E-state index contributed by atoms with van der Waals surface area (Å²) in [5.74, 6) is 1.58. The quantitative estimate of drug-likeness (QED) is 0.889. The molecule has 2 aromatic carbocycles. The van der Waals surface area contributed by atoms with Crippen molar-refractivity contribution in [2.45, 2.75) is 18.9 Å². The smallest absolute Gasteiger partial charge is 0.123 e. The molecule has 0 spiro atoms. The molecular formula is C18H20BrNO. The number of rotatable bonds is 4. The van der Waals surface area contributed by atoms with Gasteiger partial charge in [0.15, 0.2) is 0 Å². The molecule has 1 N–H and O–H groups in total. The Balaban J connectivity index is 1.85. The molecule has 1 aliphatic heterocycles. The van der Waals surface area contributed by atoms with Crippen molar-refractivity contribution in [3.05, 3.63) is 64.1 Å². The van der Waals surface area contributed by atoms with E-state index in [1.54, 1.807) is 7.11 Å². The average molecular weight is 346 g/mol. The van der Waals surface area contributed by atoms with Gasteiger partial charge < -0.3 is 10.1 Å². The van der Waals surface area contributed by atoms with E-state index in [9.17, 15) is 0 Å². The fourth-order valence-electron chi connectivity index (χ4n) is 3.21. The topological polar surface area (TPSA) is 21.3 Å². The summed E-state index contributed by atoms with van der Waals surface area (Å²) in [4.78, 5) is 0. The molecule has 110 valence electrons. The average Bonchev–Trinajstić information content (AvgIpc) is 2.96. The van der Waals surface area contributed by atoms with Crippen LogP contribution in [0.2, 0.25) is 0 Å². The molecule has 1 heterocycles. The van der Waals surface area contributed by atoms with E-state index < -0.39 is 0 Å². The zero-order chi connectivity index (χ0) is 14.7. The Labute approximate surface area is 134 Å². The standard InChI is InChI=1S/C18H20BrNO/c1-21-17-8-7-15(19)12-16(17)18-14(9-10-20-18)11-13-5-3-2-4-6-13/h2-8,12,14,18,20H,9-11H2,1H3. The lowest BCUT2D eigenvalue weighted by molar-refractivity contribution is 0.388. The third-order valence-corrected chi connectivity index (χ3v) is 4.71. The number of hydrogen-bond acceptors (Lipinski definition) is 2. The second-order valence-corrected chi connectivity index (χ2v) is 6.47. The van der Waals surface area contributed by atoms with Gasteiger partial charge in [-0.25, -0.2) is 0 Å². The monoisotopic (exact) mass is 345 g/mol. The Morgan fingerprint density at radius 1 is 1.19 bits per heavy atom. The van der Waals surface area contributed by atoms with E-state index in [0.717, 1.165) is 23.2 Å². The lowest BCUT2D eigenvalue weighted by Gasteiger charge is -2.22. The summed E-state index contributed by atoms with van der Waals surface area (Å²) >= 11 is 3.58. The molecule has 1 aliphatic rings. The summed E-state index contributed by atoms with van der Waals surface area (Å²) in [5, 5.41) is 3.64. The second-order valence-electron chi connectivity index (χ2n) is 5.56. The van der Waals surface area contributed by atoms with E-state index in [1.165, 1.54) is 17.5 Å². The fourth-order valence-corrected chi connectivity index (χ4v) is 3.59. The summed E-state index contributed by atoms with van der Waals surface area (Å²) in [5.41, 5.74) is 2.66. The van der Waals surface area contributed by atoms with Crippen molar-refractivity contribution >= 4 is 15.9 Å². The van der Waals surface area contributed by atoms with Crippen molar-refractivity contribution in [2.75, 3.05) is 13.7 Å². The molecule has 0 saturated carbocycles. The molecule has 2 nitrogen and oxygen atoms in total. The van der Waals surface area contributed by atoms with E-state index in [0.29, 0.717) is 12.0 Å². The third kappa shape index (κ3) is 3.30. The molecular weight excluding hydrogens is 326 g/mol. The molecule has 0 aromatic heterocycles. The number of hydrogen-bond donors (Lipinski definition) is 1. The van der Waals surface area contributed by atoms with Crippen molar-refractivity contribution in [3.8, 4) is 5.75 Å². The molecule has 21 heavy (non-hydrogen) atoms. The van der Waals surface area contributed by atoms with Crippen LogP contribution >= 0.6 is 15.9 Å². The predicted molar refractivity (Wildman–Crippen MR) is 89.7 cm³/mol. The van der Waals surface area contributed by atoms with Gasteiger partial charge in [-0.05, 0) is 49.1 Å². The van der Waals surface area contributed by atoms with Crippen LogP contribution in [0.5, 0.6) is 5.75 Å². The van der Waals surface area contributed by atoms with Crippen LogP contribution in [0, 0.1) is 5.92 Å². The highest BCUT2D eigenvalue weighted by Gasteiger charge is 2.30. The molecule has 3 heteroatoms. The maximum atomic E-state index is 5.55. The Bertz CT molecular complexity index is 599. The van der Waals surface area contributed by atoms with Crippen molar-refractivity contribution in [1.29, 1.82) is 0 Å². The van der Waals surface area contributed by atoms with Crippen LogP contribution in [0.15, 0.2) is 53.0 Å². The van der Waals surface area contributed by atoms with Crippen molar-refractivity contribution in [3.63, 3.8) is 0 Å². The van der Waals surface area contributed by atoms with E-state index in [4.69, 9.17) is 4.74 Å². The van der Waals surface area contributed by atoms with Gasteiger partial charge in [0.05, 0.1) is 7.11 Å². The number of methoxy groups -OCH3 is 1. The second kappa shape index (κ2) is 6.63. The number of nitrogens with one attached hydrogen (secondary N) is 1. The van der Waals surface area contributed by atoms with Gasteiger partial charge in [0, 0.05) is 16.1 Å². The third-order valence-electron chi connectivity index (χ3n) is 4.22. The zero-order valence-electron chi connectivity index (χ0n) is 12.2. The minimum atomic E-state index is 0.359. The first kappa shape index (κ1) is 14.6. The Hall–Kier alpha value is -1.32. The van der Waals surface area contributed by atoms with E-state index in [-0.39, 0.29) is 0 Å². The number of benzene rings is 2. The molecule has 0 aliphatic carbocycles. The van der Waals surface area contributed by atoms with Crippen molar-refractivity contribution in [2.24, 2.45) is 5.92 Å². The molecule has 0 radical (unpaired) electrons. The molecule has 0 bridgehead atoms. The highest BCUT2D eigenvalue weighted by Crippen LogP contribution is 2.38. The highest BCUT2D eigenvalue weighted by molar-refractivity contribution is 9.10. The first-order valence-corrected chi connectivity index (χ1v) is 8.18. The Kier molecular flexibility index (Phi) is 4.61. The van der Waals surface area contributed by atoms with Gasteiger partial charge in [-0.15, -0.1) is 0 Å². The normalized spacial score (nSPS) is 21.4. The molecule has 1 fully saturated rings. The minimum absolute atomic E-state index is 0.359. The van der Waals surface area contributed by atoms with Gasteiger partial charge in [-0.1, -0.05) is 46.3 Å². The van der Waals surface area contributed by atoms with Crippen molar-refractivity contribution < 1.29 is 4.74 Å². The SMILES string of the molecule is COc1ccc(Br)cc1C1NCCC1Cc1ccccc1. The highest BCUT2D eigenvalue weighted by atomic mass is 79.9. The first-order valence-electron chi connectivity index (χ1n) is 7.38. The molecule has 0 amide bonds. The molecule has 2 atom stereocenters. The van der Waals surface area contributed by atoms with Crippen LogP contribution in [-0.2, 0) is 6.42 Å².